The van der Waals surface area contributed by atoms with Gasteiger partial charge >= 0.3 is 5.97 Å². The van der Waals surface area contributed by atoms with Crippen LogP contribution in [0, 0.1) is 0 Å². The predicted octanol–water partition coefficient (Wildman–Crippen LogP) is 2.42. The SMILES string of the molecule is O=C(O)CN(C(=O)c1n[nH]c2ccccc12)C1CCCCC1. The molecule has 1 aromatic carbocycles. The molecular weight excluding hydrogens is 282 g/mol. The normalized spacial score (nSPS) is 15.8. The maximum absolute atomic E-state index is 12.8. The first-order chi connectivity index (χ1) is 10.7. The molecule has 1 saturated carbocycles. The van der Waals surface area contributed by atoms with Crippen molar-refractivity contribution in [2.45, 2.75) is 38.1 Å². The number of hydrogen-bond acceptors (Lipinski definition) is 3. The molecule has 2 aromatic rings. The fraction of sp³-hybridized carbons (Fsp3) is 0.438. The summed E-state index contributed by atoms with van der Waals surface area (Å²) < 4.78 is 0. The molecule has 0 aliphatic heterocycles. The van der Waals surface area contributed by atoms with E-state index < -0.39 is 5.97 Å². The van der Waals surface area contributed by atoms with E-state index >= 15 is 0 Å². The van der Waals surface area contributed by atoms with Gasteiger partial charge in [-0.1, -0.05) is 37.5 Å². The van der Waals surface area contributed by atoms with E-state index in [0.29, 0.717) is 5.69 Å². The number of amides is 1. The highest BCUT2D eigenvalue weighted by Crippen LogP contribution is 2.25. The van der Waals surface area contributed by atoms with Gasteiger partial charge in [-0.25, -0.2) is 0 Å². The minimum absolute atomic E-state index is 0.00666. The molecule has 0 bridgehead atoms. The number of para-hydroxylation sites is 1. The largest absolute Gasteiger partial charge is 0.480 e. The van der Waals surface area contributed by atoms with Crippen LogP contribution in [0.15, 0.2) is 24.3 Å². The van der Waals surface area contributed by atoms with Crippen LogP contribution in [-0.4, -0.2) is 44.7 Å². The number of carboxylic acid groups (broad SMARTS) is 1. The highest BCUT2D eigenvalue weighted by Gasteiger charge is 2.30. The van der Waals surface area contributed by atoms with E-state index in [1.54, 1.807) is 0 Å². The van der Waals surface area contributed by atoms with Gasteiger partial charge in [0.25, 0.3) is 5.91 Å². The van der Waals surface area contributed by atoms with Gasteiger partial charge in [0.05, 0.1) is 5.52 Å². The second-order valence-corrected chi connectivity index (χ2v) is 5.74. The number of nitrogens with one attached hydrogen (secondary N) is 1. The van der Waals surface area contributed by atoms with E-state index in [1.807, 2.05) is 24.3 Å². The number of benzene rings is 1. The standard InChI is InChI=1S/C16H19N3O3/c20-14(21)10-19(11-6-2-1-3-7-11)16(22)15-12-8-4-5-9-13(12)17-18-15/h4-5,8-9,11H,1-3,6-7,10H2,(H,17,18)(H,20,21). The molecule has 1 fully saturated rings. The Morgan fingerprint density at radius 1 is 1.23 bits per heavy atom. The maximum atomic E-state index is 12.8. The minimum atomic E-state index is -0.987. The maximum Gasteiger partial charge on any atom is 0.323 e. The highest BCUT2D eigenvalue weighted by molar-refractivity contribution is 6.05. The minimum Gasteiger partial charge on any atom is -0.480 e. The summed E-state index contributed by atoms with van der Waals surface area (Å²) in [6.45, 7) is -0.273. The molecule has 116 valence electrons. The third-order valence-corrected chi connectivity index (χ3v) is 4.25. The second-order valence-electron chi connectivity index (χ2n) is 5.74. The first-order valence-corrected chi connectivity index (χ1v) is 7.62. The van der Waals surface area contributed by atoms with Crippen molar-refractivity contribution in [3.63, 3.8) is 0 Å². The molecule has 6 heteroatoms. The number of fused-ring (bicyclic) bond motifs is 1. The summed E-state index contributed by atoms with van der Waals surface area (Å²) in [5.74, 6) is -1.29. The van der Waals surface area contributed by atoms with Crippen LogP contribution in [0.5, 0.6) is 0 Å². The average Bonchev–Trinajstić information content (AvgIpc) is 2.97. The van der Waals surface area contributed by atoms with Crippen molar-refractivity contribution in [2.75, 3.05) is 6.54 Å². The average molecular weight is 301 g/mol. The molecule has 1 heterocycles. The first kappa shape index (κ1) is 14.6. The smallest absolute Gasteiger partial charge is 0.323 e. The van der Waals surface area contributed by atoms with Gasteiger partial charge in [-0.15, -0.1) is 0 Å². The molecule has 0 spiro atoms. The van der Waals surface area contributed by atoms with Gasteiger partial charge < -0.3 is 10.0 Å². The third kappa shape index (κ3) is 2.81. The van der Waals surface area contributed by atoms with Crippen LogP contribution in [0.4, 0.5) is 0 Å². The van der Waals surface area contributed by atoms with E-state index in [1.165, 1.54) is 4.90 Å². The van der Waals surface area contributed by atoms with E-state index in [4.69, 9.17) is 5.11 Å². The predicted molar refractivity (Wildman–Crippen MR) is 81.6 cm³/mol. The van der Waals surface area contributed by atoms with E-state index in [-0.39, 0.29) is 18.5 Å². The molecule has 1 aliphatic rings. The number of aliphatic carboxylic acids is 1. The third-order valence-electron chi connectivity index (χ3n) is 4.25. The fourth-order valence-corrected chi connectivity index (χ4v) is 3.17. The molecule has 1 aliphatic carbocycles. The zero-order valence-electron chi connectivity index (χ0n) is 12.3. The Bertz CT molecular complexity index is 689. The van der Waals surface area contributed by atoms with E-state index in [0.717, 1.165) is 43.0 Å². The van der Waals surface area contributed by atoms with Crippen LogP contribution in [0.25, 0.3) is 10.9 Å². The van der Waals surface area contributed by atoms with Crippen LogP contribution in [0.2, 0.25) is 0 Å². The lowest BCUT2D eigenvalue weighted by Gasteiger charge is -2.32. The van der Waals surface area contributed by atoms with Crippen molar-refractivity contribution < 1.29 is 14.7 Å². The molecule has 0 unspecified atom stereocenters. The second kappa shape index (κ2) is 6.17. The number of aromatic amines is 1. The van der Waals surface area contributed by atoms with Crippen LogP contribution < -0.4 is 0 Å². The molecule has 0 saturated heterocycles. The fourth-order valence-electron chi connectivity index (χ4n) is 3.17. The lowest BCUT2D eigenvalue weighted by Crippen LogP contribution is -2.44. The van der Waals surface area contributed by atoms with Gasteiger partial charge in [0.2, 0.25) is 0 Å². The van der Waals surface area contributed by atoms with E-state index in [9.17, 15) is 9.59 Å². The number of aromatic nitrogens is 2. The molecule has 1 aromatic heterocycles. The zero-order valence-corrected chi connectivity index (χ0v) is 12.3. The van der Waals surface area contributed by atoms with Crippen molar-refractivity contribution in [3.8, 4) is 0 Å². The topological polar surface area (TPSA) is 86.3 Å². The van der Waals surface area contributed by atoms with Gasteiger partial charge in [0.15, 0.2) is 5.69 Å². The number of carbonyl (C=O) groups is 2. The van der Waals surface area contributed by atoms with Gasteiger partial charge in [0, 0.05) is 11.4 Å². The van der Waals surface area contributed by atoms with Crippen molar-refractivity contribution in [2.24, 2.45) is 0 Å². The van der Waals surface area contributed by atoms with Crippen molar-refractivity contribution >= 4 is 22.8 Å². The number of carbonyl (C=O) groups excluding carboxylic acids is 1. The quantitative estimate of drug-likeness (QED) is 0.908. The molecule has 6 nitrogen and oxygen atoms in total. The van der Waals surface area contributed by atoms with Crippen LogP contribution >= 0.6 is 0 Å². The number of carboxylic acids is 1. The number of nitrogens with zero attached hydrogens (tertiary/aromatic N) is 2. The van der Waals surface area contributed by atoms with Gasteiger partial charge in [-0.3, -0.25) is 14.7 Å². The molecule has 3 rings (SSSR count). The van der Waals surface area contributed by atoms with Crippen molar-refractivity contribution in [1.82, 2.24) is 15.1 Å². The zero-order chi connectivity index (χ0) is 15.5. The highest BCUT2D eigenvalue weighted by atomic mass is 16.4. The summed E-state index contributed by atoms with van der Waals surface area (Å²) in [7, 11) is 0. The van der Waals surface area contributed by atoms with Crippen molar-refractivity contribution in [1.29, 1.82) is 0 Å². The molecule has 2 N–H and O–H groups in total. The van der Waals surface area contributed by atoms with Crippen LogP contribution in [0.1, 0.15) is 42.6 Å². The number of hydrogen-bond donors (Lipinski definition) is 2. The monoisotopic (exact) mass is 301 g/mol. The summed E-state index contributed by atoms with van der Waals surface area (Å²) in [5.41, 5.74) is 1.09. The van der Waals surface area contributed by atoms with Gasteiger partial charge in [-0.2, -0.15) is 5.10 Å². The Labute approximate surface area is 128 Å². The lowest BCUT2D eigenvalue weighted by molar-refractivity contribution is -0.138. The number of rotatable bonds is 4. The molecule has 22 heavy (non-hydrogen) atoms. The first-order valence-electron chi connectivity index (χ1n) is 7.62. The lowest BCUT2D eigenvalue weighted by atomic mass is 9.94. The Hall–Kier alpha value is -2.37. The Morgan fingerprint density at radius 3 is 2.68 bits per heavy atom. The molecule has 0 radical (unpaired) electrons. The summed E-state index contributed by atoms with van der Waals surface area (Å²) in [6, 6.07) is 7.38. The molecule has 0 atom stereocenters. The van der Waals surface area contributed by atoms with Crippen LogP contribution in [-0.2, 0) is 4.79 Å². The Balaban J connectivity index is 1.92. The number of H-pyrrole nitrogens is 1. The van der Waals surface area contributed by atoms with Crippen molar-refractivity contribution in [3.05, 3.63) is 30.0 Å². The molecular formula is C16H19N3O3. The molecule has 1 amide bonds. The Kier molecular flexibility index (Phi) is 4.09. The summed E-state index contributed by atoms with van der Waals surface area (Å²) in [6.07, 6.45) is 4.95. The summed E-state index contributed by atoms with van der Waals surface area (Å²) >= 11 is 0. The van der Waals surface area contributed by atoms with Gasteiger partial charge in [0.1, 0.15) is 6.54 Å². The summed E-state index contributed by atoms with van der Waals surface area (Å²) in [5, 5.41) is 16.8. The summed E-state index contributed by atoms with van der Waals surface area (Å²) in [4.78, 5) is 25.5. The van der Waals surface area contributed by atoms with E-state index in [2.05, 4.69) is 10.2 Å². The Morgan fingerprint density at radius 2 is 1.95 bits per heavy atom. The van der Waals surface area contributed by atoms with Crippen LogP contribution in [0.3, 0.4) is 0 Å². The van der Waals surface area contributed by atoms with Gasteiger partial charge in [-0.05, 0) is 18.9 Å².